The zero-order valence-electron chi connectivity index (χ0n) is 5.49. The summed E-state index contributed by atoms with van der Waals surface area (Å²) in [5.74, 6) is 0.887. The van der Waals surface area contributed by atoms with Crippen molar-refractivity contribution in [3.05, 3.63) is 22.4 Å². The Morgan fingerprint density at radius 2 is 2.60 bits per heavy atom. The zero-order chi connectivity index (χ0) is 6.97. The van der Waals surface area contributed by atoms with Gasteiger partial charge in [-0.25, -0.2) is 0 Å². The van der Waals surface area contributed by atoms with Gasteiger partial charge in [-0.3, -0.25) is 0 Å². The fourth-order valence-corrected chi connectivity index (χ4v) is 1.96. The first-order valence-electron chi connectivity index (χ1n) is 3.39. The van der Waals surface area contributed by atoms with Gasteiger partial charge in [-0.2, -0.15) is 11.3 Å². The summed E-state index contributed by atoms with van der Waals surface area (Å²) in [6, 6.07) is 2.11. The van der Waals surface area contributed by atoms with Gasteiger partial charge in [0.05, 0.1) is 0 Å². The molecule has 2 atom stereocenters. The molecular formula is C8H8OS. The summed E-state index contributed by atoms with van der Waals surface area (Å²) < 4.78 is 0. The zero-order valence-corrected chi connectivity index (χ0v) is 6.30. The highest BCUT2D eigenvalue weighted by atomic mass is 32.1. The molecule has 1 nitrogen and oxygen atoms in total. The molecule has 1 aliphatic rings. The van der Waals surface area contributed by atoms with Crippen LogP contribution in [0.15, 0.2) is 16.8 Å². The lowest BCUT2D eigenvalue weighted by molar-refractivity contribution is -0.108. The maximum Gasteiger partial charge on any atom is 0.123 e. The average Bonchev–Trinajstić information content (AvgIpc) is 2.56. The van der Waals surface area contributed by atoms with Crippen LogP contribution < -0.4 is 0 Å². The summed E-state index contributed by atoms with van der Waals surface area (Å²) in [5, 5.41) is 4.20. The molecule has 1 saturated carbocycles. The Hall–Kier alpha value is -0.630. The molecule has 10 heavy (non-hydrogen) atoms. The van der Waals surface area contributed by atoms with Gasteiger partial charge in [0.25, 0.3) is 0 Å². The average molecular weight is 152 g/mol. The van der Waals surface area contributed by atoms with Crippen molar-refractivity contribution >= 4 is 17.6 Å². The molecule has 52 valence electrons. The predicted molar refractivity (Wildman–Crippen MR) is 41.2 cm³/mol. The smallest absolute Gasteiger partial charge is 0.123 e. The second-order valence-electron chi connectivity index (χ2n) is 2.70. The minimum atomic E-state index is 0.328. The Kier molecular flexibility index (Phi) is 1.34. The Labute approximate surface area is 63.7 Å². The molecule has 1 aromatic rings. The Morgan fingerprint density at radius 3 is 3.10 bits per heavy atom. The van der Waals surface area contributed by atoms with Crippen molar-refractivity contribution in [2.24, 2.45) is 5.92 Å². The lowest BCUT2D eigenvalue weighted by atomic mass is 10.2. The molecule has 1 heterocycles. The van der Waals surface area contributed by atoms with Gasteiger partial charge in [-0.15, -0.1) is 0 Å². The van der Waals surface area contributed by atoms with Crippen LogP contribution in [0.5, 0.6) is 0 Å². The van der Waals surface area contributed by atoms with E-state index in [9.17, 15) is 4.79 Å². The maximum atomic E-state index is 10.3. The van der Waals surface area contributed by atoms with Crippen LogP contribution in [-0.4, -0.2) is 6.29 Å². The quantitative estimate of drug-likeness (QED) is 0.593. The van der Waals surface area contributed by atoms with E-state index in [1.54, 1.807) is 11.3 Å². The monoisotopic (exact) mass is 152 g/mol. The van der Waals surface area contributed by atoms with E-state index in [4.69, 9.17) is 0 Å². The summed E-state index contributed by atoms with van der Waals surface area (Å²) in [6.45, 7) is 0. The standard InChI is InChI=1S/C8H8OS/c9-4-7-3-8(7)6-1-2-10-5-6/h1-2,4-5,7-8H,3H2/t7-,8-/m0/s1. The first-order chi connectivity index (χ1) is 4.92. The van der Waals surface area contributed by atoms with E-state index in [1.807, 2.05) is 0 Å². The number of hydrogen-bond acceptors (Lipinski definition) is 2. The molecule has 1 aromatic heterocycles. The van der Waals surface area contributed by atoms with E-state index in [0.717, 1.165) is 12.7 Å². The molecule has 1 aliphatic carbocycles. The van der Waals surface area contributed by atoms with E-state index in [1.165, 1.54) is 5.56 Å². The van der Waals surface area contributed by atoms with Crippen LogP contribution in [-0.2, 0) is 4.79 Å². The van der Waals surface area contributed by atoms with E-state index in [2.05, 4.69) is 16.8 Å². The van der Waals surface area contributed by atoms with E-state index in [-0.39, 0.29) is 0 Å². The van der Waals surface area contributed by atoms with Crippen LogP contribution in [0.2, 0.25) is 0 Å². The summed E-state index contributed by atoms with van der Waals surface area (Å²) in [6.07, 6.45) is 2.14. The highest BCUT2D eigenvalue weighted by Gasteiger charge is 2.37. The van der Waals surface area contributed by atoms with Crippen molar-refractivity contribution in [2.75, 3.05) is 0 Å². The molecule has 0 spiro atoms. The molecule has 0 aliphatic heterocycles. The summed E-state index contributed by atoms with van der Waals surface area (Å²) in [4.78, 5) is 10.3. The highest BCUT2D eigenvalue weighted by molar-refractivity contribution is 7.08. The van der Waals surface area contributed by atoms with Gasteiger partial charge >= 0.3 is 0 Å². The third-order valence-corrected chi connectivity index (χ3v) is 2.69. The second-order valence-corrected chi connectivity index (χ2v) is 3.48. The van der Waals surface area contributed by atoms with Crippen molar-refractivity contribution in [3.8, 4) is 0 Å². The van der Waals surface area contributed by atoms with Gasteiger partial charge in [0.1, 0.15) is 6.29 Å². The van der Waals surface area contributed by atoms with Crippen LogP contribution in [0.3, 0.4) is 0 Å². The first kappa shape index (κ1) is 6.10. The second kappa shape index (κ2) is 2.20. The first-order valence-corrected chi connectivity index (χ1v) is 4.33. The molecular weight excluding hydrogens is 144 g/mol. The van der Waals surface area contributed by atoms with Crippen LogP contribution in [0.1, 0.15) is 17.9 Å². The fourth-order valence-electron chi connectivity index (χ4n) is 1.23. The Balaban J connectivity index is 2.11. The number of carbonyl (C=O) groups is 1. The van der Waals surface area contributed by atoms with Gasteiger partial charge < -0.3 is 4.79 Å². The van der Waals surface area contributed by atoms with Gasteiger partial charge in [0.15, 0.2) is 0 Å². The van der Waals surface area contributed by atoms with E-state index < -0.39 is 0 Å². The molecule has 1 fully saturated rings. The van der Waals surface area contributed by atoms with Crippen LogP contribution in [0.25, 0.3) is 0 Å². The largest absolute Gasteiger partial charge is 0.303 e. The van der Waals surface area contributed by atoms with Crippen molar-refractivity contribution in [2.45, 2.75) is 12.3 Å². The van der Waals surface area contributed by atoms with Crippen molar-refractivity contribution < 1.29 is 4.79 Å². The van der Waals surface area contributed by atoms with Gasteiger partial charge in [-0.1, -0.05) is 0 Å². The number of aldehydes is 1. The lowest BCUT2D eigenvalue weighted by Gasteiger charge is -1.86. The van der Waals surface area contributed by atoms with Gasteiger partial charge in [-0.05, 0) is 34.7 Å². The number of rotatable bonds is 2. The molecule has 0 aromatic carbocycles. The van der Waals surface area contributed by atoms with E-state index in [0.29, 0.717) is 11.8 Å². The molecule has 2 heteroatoms. The lowest BCUT2D eigenvalue weighted by Crippen LogP contribution is -1.79. The van der Waals surface area contributed by atoms with E-state index >= 15 is 0 Å². The summed E-state index contributed by atoms with van der Waals surface area (Å²) in [5.41, 5.74) is 1.35. The molecule has 0 saturated heterocycles. The summed E-state index contributed by atoms with van der Waals surface area (Å²) >= 11 is 1.70. The Bertz CT molecular complexity index is 227. The SMILES string of the molecule is O=C[C@@H]1C[C@H]1c1ccsc1. The van der Waals surface area contributed by atoms with Crippen LogP contribution in [0.4, 0.5) is 0 Å². The summed E-state index contributed by atoms with van der Waals surface area (Å²) in [7, 11) is 0. The third-order valence-electron chi connectivity index (χ3n) is 1.99. The van der Waals surface area contributed by atoms with Crippen LogP contribution in [0, 0.1) is 5.92 Å². The van der Waals surface area contributed by atoms with Gasteiger partial charge in [0.2, 0.25) is 0 Å². The minimum Gasteiger partial charge on any atom is -0.303 e. The Morgan fingerprint density at radius 1 is 1.70 bits per heavy atom. The van der Waals surface area contributed by atoms with Crippen molar-refractivity contribution in [1.29, 1.82) is 0 Å². The number of carbonyl (C=O) groups excluding carboxylic acids is 1. The molecule has 0 radical (unpaired) electrons. The molecule has 0 unspecified atom stereocenters. The third kappa shape index (κ3) is 0.886. The molecule has 2 rings (SSSR count). The topological polar surface area (TPSA) is 17.1 Å². The molecule has 0 N–H and O–H groups in total. The van der Waals surface area contributed by atoms with Crippen molar-refractivity contribution in [1.82, 2.24) is 0 Å². The molecule has 0 amide bonds. The predicted octanol–water partition coefficient (Wildman–Crippen LogP) is 2.05. The van der Waals surface area contributed by atoms with Crippen molar-refractivity contribution in [3.63, 3.8) is 0 Å². The molecule has 0 bridgehead atoms. The number of hydrogen-bond donors (Lipinski definition) is 0. The highest BCUT2D eigenvalue weighted by Crippen LogP contribution is 2.46. The number of thiophene rings is 1. The minimum absolute atomic E-state index is 0.328. The van der Waals surface area contributed by atoms with Crippen LogP contribution >= 0.6 is 11.3 Å². The normalized spacial score (nSPS) is 30.0. The fraction of sp³-hybridized carbons (Fsp3) is 0.375. The van der Waals surface area contributed by atoms with Gasteiger partial charge in [0, 0.05) is 5.92 Å². The maximum absolute atomic E-state index is 10.3.